The van der Waals surface area contributed by atoms with Crippen LogP contribution in [0.5, 0.6) is 0 Å². The van der Waals surface area contributed by atoms with Crippen LogP contribution in [0.2, 0.25) is 0 Å². The lowest BCUT2D eigenvalue weighted by molar-refractivity contribution is 0.554. The molecule has 0 atom stereocenters. The van der Waals surface area contributed by atoms with Gasteiger partial charge in [-0.05, 0) is 23.9 Å². The Labute approximate surface area is 115 Å². The molecule has 0 amide bonds. The van der Waals surface area contributed by atoms with E-state index in [1.54, 1.807) is 0 Å². The third kappa shape index (κ3) is 3.67. The SMILES string of the molecule is CC(C)CNCCN(C)c1nccc2ccccc12. The third-order valence-electron chi connectivity index (χ3n) is 3.19. The molecule has 2 rings (SSSR count). The Morgan fingerprint density at radius 2 is 2.00 bits per heavy atom. The highest BCUT2D eigenvalue weighted by Gasteiger charge is 2.06. The summed E-state index contributed by atoms with van der Waals surface area (Å²) in [5, 5.41) is 5.93. The standard InChI is InChI=1S/C16H23N3/c1-13(2)12-17-10-11-19(3)16-15-7-5-4-6-14(15)8-9-18-16/h4-9,13,17H,10-12H2,1-3H3. The van der Waals surface area contributed by atoms with Crippen molar-refractivity contribution in [1.82, 2.24) is 10.3 Å². The Hall–Kier alpha value is -1.61. The molecule has 0 aliphatic rings. The lowest BCUT2D eigenvalue weighted by Gasteiger charge is -2.20. The van der Waals surface area contributed by atoms with Crippen molar-refractivity contribution in [3.8, 4) is 0 Å². The van der Waals surface area contributed by atoms with E-state index in [0.29, 0.717) is 5.92 Å². The fraction of sp³-hybridized carbons (Fsp3) is 0.438. The Morgan fingerprint density at radius 1 is 1.21 bits per heavy atom. The molecule has 1 heterocycles. The second kappa shape index (κ2) is 6.53. The van der Waals surface area contributed by atoms with Crippen molar-refractivity contribution >= 4 is 16.6 Å². The Morgan fingerprint density at radius 3 is 2.79 bits per heavy atom. The molecule has 0 aliphatic carbocycles. The zero-order chi connectivity index (χ0) is 13.7. The molecule has 0 aliphatic heterocycles. The maximum Gasteiger partial charge on any atom is 0.136 e. The van der Waals surface area contributed by atoms with E-state index < -0.39 is 0 Å². The van der Waals surface area contributed by atoms with E-state index >= 15 is 0 Å². The van der Waals surface area contributed by atoms with Crippen molar-refractivity contribution in [3.63, 3.8) is 0 Å². The van der Waals surface area contributed by atoms with Crippen molar-refractivity contribution < 1.29 is 0 Å². The first-order chi connectivity index (χ1) is 9.18. The molecule has 19 heavy (non-hydrogen) atoms. The number of pyridine rings is 1. The Balaban J connectivity index is 2.03. The van der Waals surface area contributed by atoms with E-state index in [2.05, 4.69) is 66.4 Å². The summed E-state index contributed by atoms with van der Waals surface area (Å²) in [6, 6.07) is 10.5. The Kier molecular flexibility index (Phi) is 4.74. The molecule has 102 valence electrons. The van der Waals surface area contributed by atoms with E-state index in [-0.39, 0.29) is 0 Å². The summed E-state index contributed by atoms with van der Waals surface area (Å²) in [4.78, 5) is 6.74. The number of rotatable bonds is 6. The van der Waals surface area contributed by atoms with Gasteiger partial charge < -0.3 is 10.2 Å². The van der Waals surface area contributed by atoms with E-state index in [4.69, 9.17) is 0 Å². The molecule has 0 spiro atoms. The van der Waals surface area contributed by atoms with Gasteiger partial charge in [0, 0.05) is 31.7 Å². The average molecular weight is 257 g/mol. The van der Waals surface area contributed by atoms with Crippen LogP contribution in [0.15, 0.2) is 36.5 Å². The van der Waals surface area contributed by atoms with E-state index in [1.807, 2.05) is 6.20 Å². The summed E-state index contributed by atoms with van der Waals surface area (Å²) in [7, 11) is 2.10. The quantitative estimate of drug-likeness (QED) is 0.807. The van der Waals surface area contributed by atoms with Crippen molar-refractivity contribution in [2.75, 3.05) is 31.6 Å². The molecule has 2 aromatic rings. The maximum atomic E-state index is 4.52. The van der Waals surface area contributed by atoms with Gasteiger partial charge in [0.1, 0.15) is 5.82 Å². The van der Waals surface area contributed by atoms with Gasteiger partial charge in [0.25, 0.3) is 0 Å². The molecule has 3 nitrogen and oxygen atoms in total. The van der Waals surface area contributed by atoms with Crippen molar-refractivity contribution in [2.24, 2.45) is 5.92 Å². The number of nitrogens with one attached hydrogen (secondary N) is 1. The third-order valence-corrected chi connectivity index (χ3v) is 3.19. The summed E-state index contributed by atoms with van der Waals surface area (Å²) in [5.74, 6) is 1.76. The molecule has 0 fully saturated rings. The first-order valence-electron chi connectivity index (χ1n) is 6.94. The van der Waals surface area contributed by atoms with Crippen molar-refractivity contribution in [2.45, 2.75) is 13.8 Å². The number of aromatic nitrogens is 1. The number of hydrogen-bond donors (Lipinski definition) is 1. The van der Waals surface area contributed by atoms with Gasteiger partial charge in [-0.25, -0.2) is 4.98 Å². The maximum absolute atomic E-state index is 4.52. The minimum atomic E-state index is 0.695. The monoisotopic (exact) mass is 257 g/mol. The summed E-state index contributed by atoms with van der Waals surface area (Å²) >= 11 is 0. The zero-order valence-corrected chi connectivity index (χ0v) is 12.1. The molecule has 1 N–H and O–H groups in total. The number of anilines is 1. The second-order valence-corrected chi connectivity index (χ2v) is 5.38. The van der Waals surface area contributed by atoms with E-state index in [1.165, 1.54) is 10.8 Å². The molecule has 1 aromatic carbocycles. The van der Waals surface area contributed by atoms with Gasteiger partial charge in [0.15, 0.2) is 0 Å². The van der Waals surface area contributed by atoms with Crippen LogP contribution in [0.1, 0.15) is 13.8 Å². The molecular weight excluding hydrogens is 234 g/mol. The largest absolute Gasteiger partial charge is 0.358 e. The smallest absolute Gasteiger partial charge is 0.136 e. The van der Waals surface area contributed by atoms with Crippen LogP contribution in [0.3, 0.4) is 0 Å². The predicted octanol–water partition coefficient (Wildman–Crippen LogP) is 2.92. The van der Waals surface area contributed by atoms with Gasteiger partial charge in [-0.3, -0.25) is 0 Å². The van der Waals surface area contributed by atoms with Crippen molar-refractivity contribution in [1.29, 1.82) is 0 Å². The number of hydrogen-bond acceptors (Lipinski definition) is 3. The van der Waals surface area contributed by atoms with Crippen LogP contribution < -0.4 is 10.2 Å². The fourth-order valence-electron chi connectivity index (χ4n) is 2.15. The average Bonchev–Trinajstić information content (AvgIpc) is 2.42. The highest BCUT2D eigenvalue weighted by atomic mass is 15.2. The van der Waals surface area contributed by atoms with Crippen LogP contribution >= 0.6 is 0 Å². The van der Waals surface area contributed by atoms with Crippen molar-refractivity contribution in [3.05, 3.63) is 36.5 Å². The molecule has 0 bridgehead atoms. The second-order valence-electron chi connectivity index (χ2n) is 5.38. The summed E-state index contributed by atoms with van der Waals surface area (Å²) in [5.41, 5.74) is 0. The lowest BCUT2D eigenvalue weighted by atomic mass is 10.1. The Bertz CT molecular complexity index is 517. The van der Waals surface area contributed by atoms with Crippen LogP contribution in [0, 0.1) is 5.92 Å². The normalized spacial score (nSPS) is 11.2. The summed E-state index contributed by atoms with van der Waals surface area (Å²) in [6.07, 6.45) is 1.88. The number of fused-ring (bicyclic) bond motifs is 1. The van der Waals surface area contributed by atoms with Gasteiger partial charge in [0.2, 0.25) is 0 Å². The fourth-order valence-corrected chi connectivity index (χ4v) is 2.15. The first-order valence-corrected chi connectivity index (χ1v) is 6.94. The summed E-state index contributed by atoms with van der Waals surface area (Å²) in [6.45, 7) is 7.47. The van der Waals surface area contributed by atoms with Crippen LogP contribution in [0.25, 0.3) is 10.8 Å². The summed E-state index contributed by atoms with van der Waals surface area (Å²) < 4.78 is 0. The van der Waals surface area contributed by atoms with E-state index in [0.717, 1.165) is 25.5 Å². The highest BCUT2D eigenvalue weighted by molar-refractivity contribution is 5.91. The molecule has 1 aromatic heterocycles. The first kappa shape index (κ1) is 13.8. The molecule has 0 radical (unpaired) electrons. The molecule has 0 saturated carbocycles. The molecular formula is C16H23N3. The molecule has 3 heteroatoms. The predicted molar refractivity (Wildman–Crippen MR) is 82.7 cm³/mol. The van der Waals surface area contributed by atoms with Gasteiger partial charge in [0.05, 0.1) is 0 Å². The number of likely N-dealkylation sites (N-methyl/N-ethyl adjacent to an activating group) is 1. The van der Waals surface area contributed by atoms with Gasteiger partial charge >= 0.3 is 0 Å². The minimum Gasteiger partial charge on any atom is -0.358 e. The lowest BCUT2D eigenvalue weighted by Crippen LogP contribution is -2.31. The molecule has 0 saturated heterocycles. The van der Waals surface area contributed by atoms with Crippen LogP contribution in [-0.2, 0) is 0 Å². The topological polar surface area (TPSA) is 28.2 Å². The minimum absolute atomic E-state index is 0.695. The zero-order valence-electron chi connectivity index (χ0n) is 12.1. The van der Waals surface area contributed by atoms with Gasteiger partial charge in [-0.15, -0.1) is 0 Å². The van der Waals surface area contributed by atoms with Crippen LogP contribution in [0.4, 0.5) is 5.82 Å². The van der Waals surface area contributed by atoms with Crippen LogP contribution in [-0.4, -0.2) is 31.7 Å². The molecule has 0 unspecified atom stereocenters. The highest BCUT2D eigenvalue weighted by Crippen LogP contribution is 2.22. The van der Waals surface area contributed by atoms with Gasteiger partial charge in [-0.1, -0.05) is 38.1 Å². The van der Waals surface area contributed by atoms with Gasteiger partial charge in [-0.2, -0.15) is 0 Å². The number of benzene rings is 1. The number of nitrogens with zero attached hydrogens (tertiary/aromatic N) is 2. The van der Waals surface area contributed by atoms with E-state index in [9.17, 15) is 0 Å².